The normalized spacial score (nSPS) is 21.3. The first-order chi connectivity index (χ1) is 8.81. The minimum atomic E-state index is -0.417. The minimum absolute atomic E-state index is 0.199. The number of carbonyl (C=O) groups is 1. The van der Waals surface area contributed by atoms with E-state index in [0.29, 0.717) is 12.1 Å². The van der Waals surface area contributed by atoms with Crippen LogP contribution >= 0.6 is 0 Å². The molecule has 0 aromatic rings. The van der Waals surface area contributed by atoms with Crippen LogP contribution in [-0.4, -0.2) is 41.8 Å². The Hall–Kier alpha value is -1.03. The van der Waals surface area contributed by atoms with Crippen LogP contribution in [0.2, 0.25) is 0 Å². The van der Waals surface area contributed by atoms with Crippen LogP contribution < -0.4 is 5.32 Å². The van der Waals surface area contributed by atoms with E-state index >= 15 is 0 Å². The first-order valence-corrected chi connectivity index (χ1v) is 7.16. The second kappa shape index (κ2) is 6.94. The summed E-state index contributed by atoms with van der Waals surface area (Å²) in [6.07, 6.45) is 4.86. The van der Waals surface area contributed by atoms with E-state index in [-0.39, 0.29) is 6.09 Å². The maximum atomic E-state index is 11.9. The lowest BCUT2D eigenvalue weighted by Crippen LogP contribution is -2.41. The summed E-state index contributed by atoms with van der Waals surface area (Å²) in [6, 6.07) is 0.842. The molecule has 0 bridgehead atoms. The smallest absolute Gasteiger partial charge is 0.410 e. The molecule has 1 amide bonds. The maximum absolute atomic E-state index is 11.9. The third kappa shape index (κ3) is 6.10. The predicted molar refractivity (Wildman–Crippen MR) is 78.2 cm³/mol. The zero-order valence-electron chi connectivity index (χ0n) is 12.7. The molecular formula is C15H28N2O2. The van der Waals surface area contributed by atoms with Gasteiger partial charge in [-0.3, -0.25) is 0 Å². The molecule has 1 aliphatic heterocycles. The summed E-state index contributed by atoms with van der Waals surface area (Å²) in [5.74, 6) is 0. The van der Waals surface area contributed by atoms with E-state index in [2.05, 4.69) is 18.8 Å². The molecule has 0 aromatic heterocycles. The van der Waals surface area contributed by atoms with Crippen LogP contribution in [0.15, 0.2) is 12.7 Å². The molecule has 0 saturated carbocycles. The van der Waals surface area contributed by atoms with E-state index < -0.39 is 5.60 Å². The van der Waals surface area contributed by atoms with Crippen LogP contribution in [0.5, 0.6) is 0 Å². The summed E-state index contributed by atoms with van der Waals surface area (Å²) in [5, 5.41) is 3.56. The van der Waals surface area contributed by atoms with E-state index in [1.807, 2.05) is 26.8 Å². The second-order valence-electron chi connectivity index (χ2n) is 6.35. The fraction of sp³-hybridized carbons (Fsp3) is 0.800. The van der Waals surface area contributed by atoms with Crippen molar-refractivity contribution in [2.45, 2.75) is 64.6 Å². The van der Waals surface area contributed by atoms with E-state index in [1.54, 1.807) is 4.90 Å². The van der Waals surface area contributed by atoms with Crippen molar-refractivity contribution in [2.75, 3.05) is 13.1 Å². The van der Waals surface area contributed by atoms with Crippen molar-refractivity contribution < 1.29 is 9.53 Å². The van der Waals surface area contributed by atoms with Gasteiger partial charge in [0, 0.05) is 25.2 Å². The molecule has 1 rings (SSSR count). The highest BCUT2D eigenvalue weighted by Crippen LogP contribution is 2.16. The fourth-order valence-electron chi connectivity index (χ4n) is 2.24. The Morgan fingerprint density at radius 2 is 2.26 bits per heavy atom. The molecule has 0 aliphatic carbocycles. The summed E-state index contributed by atoms with van der Waals surface area (Å²) >= 11 is 0. The minimum Gasteiger partial charge on any atom is -0.444 e. The third-order valence-electron chi connectivity index (χ3n) is 3.16. The largest absolute Gasteiger partial charge is 0.444 e. The third-order valence-corrected chi connectivity index (χ3v) is 3.16. The number of likely N-dealkylation sites (tertiary alicyclic amines) is 1. The van der Waals surface area contributed by atoms with Gasteiger partial charge in [0.25, 0.3) is 0 Å². The van der Waals surface area contributed by atoms with Crippen molar-refractivity contribution in [1.29, 1.82) is 0 Å². The Balaban J connectivity index is 2.33. The average molecular weight is 268 g/mol. The Bertz CT molecular complexity index is 310. The van der Waals surface area contributed by atoms with Crippen LogP contribution in [0.3, 0.4) is 0 Å². The Labute approximate surface area is 117 Å². The molecular weight excluding hydrogens is 240 g/mol. The van der Waals surface area contributed by atoms with Crippen LogP contribution in [0.4, 0.5) is 4.79 Å². The molecule has 1 heterocycles. The SMILES string of the molecule is C=CCCC(C)NC1CCN(C(=O)OC(C)(C)C)C1. The molecule has 0 radical (unpaired) electrons. The Morgan fingerprint density at radius 1 is 1.58 bits per heavy atom. The van der Waals surface area contributed by atoms with Gasteiger partial charge in [0.1, 0.15) is 5.60 Å². The van der Waals surface area contributed by atoms with E-state index in [9.17, 15) is 4.79 Å². The van der Waals surface area contributed by atoms with Crippen molar-refractivity contribution in [1.82, 2.24) is 10.2 Å². The average Bonchev–Trinajstić information content (AvgIpc) is 2.72. The molecule has 4 nitrogen and oxygen atoms in total. The summed E-state index contributed by atoms with van der Waals surface area (Å²) in [5.41, 5.74) is -0.417. The lowest BCUT2D eigenvalue weighted by Gasteiger charge is -2.25. The summed E-state index contributed by atoms with van der Waals surface area (Å²) in [7, 11) is 0. The molecule has 1 N–H and O–H groups in total. The molecule has 1 saturated heterocycles. The summed E-state index contributed by atoms with van der Waals surface area (Å²) in [4.78, 5) is 13.7. The van der Waals surface area contributed by atoms with Gasteiger partial charge in [0.15, 0.2) is 0 Å². The number of amides is 1. The van der Waals surface area contributed by atoms with Gasteiger partial charge in [-0.2, -0.15) is 0 Å². The number of carbonyl (C=O) groups excluding carboxylic acids is 1. The van der Waals surface area contributed by atoms with Gasteiger partial charge in [-0.05, 0) is 47.0 Å². The quantitative estimate of drug-likeness (QED) is 0.779. The highest BCUT2D eigenvalue weighted by atomic mass is 16.6. The lowest BCUT2D eigenvalue weighted by atomic mass is 10.1. The highest BCUT2D eigenvalue weighted by molar-refractivity contribution is 5.68. The maximum Gasteiger partial charge on any atom is 0.410 e. The summed E-state index contributed by atoms with van der Waals surface area (Å²) < 4.78 is 5.39. The van der Waals surface area contributed by atoms with Crippen LogP contribution in [-0.2, 0) is 4.74 Å². The van der Waals surface area contributed by atoms with Gasteiger partial charge in [-0.25, -0.2) is 4.79 Å². The number of hydrogen-bond acceptors (Lipinski definition) is 3. The Kier molecular flexibility index (Phi) is 5.85. The lowest BCUT2D eigenvalue weighted by molar-refractivity contribution is 0.0290. The predicted octanol–water partition coefficient (Wildman–Crippen LogP) is 2.94. The van der Waals surface area contributed by atoms with Gasteiger partial charge in [0.05, 0.1) is 0 Å². The van der Waals surface area contributed by atoms with E-state index in [1.165, 1.54) is 0 Å². The Morgan fingerprint density at radius 3 is 2.84 bits per heavy atom. The number of rotatable bonds is 5. The van der Waals surface area contributed by atoms with Crippen molar-refractivity contribution in [3.8, 4) is 0 Å². The molecule has 1 fully saturated rings. The van der Waals surface area contributed by atoms with Crippen molar-refractivity contribution in [2.24, 2.45) is 0 Å². The van der Waals surface area contributed by atoms with Crippen LogP contribution in [0.1, 0.15) is 47.0 Å². The number of nitrogens with zero attached hydrogens (tertiary/aromatic N) is 1. The molecule has 2 unspecified atom stereocenters. The first kappa shape index (κ1) is 16.0. The highest BCUT2D eigenvalue weighted by Gasteiger charge is 2.29. The van der Waals surface area contributed by atoms with Crippen molar-refractivity contribution in [3.05, 3.63) is 12.7 Å². The molecule has 2 atom stereocenters. The first-order valence-electron chi connectivity index (χ1n) is 7.16. The fourth-order valence-corrected chi connectivity index (χ4v) is 2.24. The van der Waals surface area contributed by atoms with E-state index in [0.717, 1.165) is 32.4 Å². The zero-order chi connectivity index (χ0) is 14.5. The molecule has 0 spiro atoms. The summed E-state index contributed by atoms with van der Waals surface area (Å²) in [6.45, 7) is 13.1. The molecule has 4 heteroatoms. The number of ether oxygens (including phenoxy) is 1. The molecule has 1 aliphatic rings. The van der Waals surface area contributed by atoms with E-state index in [4.69, 9.17) is 4.74 Å². The van der Waals surface area contributed by atoms with Gasteiger partial charge in [-0.1, -0.05) is 6.08 Å². The molecule has 0 aromatic carbocycles. The monoisotopic (exact) mass is 268 g/mol. The standard InChI is InChI=1S/C15H28N2O2/c1-6-7-8-12(2)16-13-9-10-17(11-13)14(18)19-15(3,4)5/h6,12-13,16H,1,7-11H2,2-5H3. The number of nitrogens with one attached hydrogen (secondary N) is 1. The van der Waals surface area contributed by atoms with Gasteiger partial charge >= 0.3 is 6.09 Å². The van der Waals surface area contributed by atoms with Gasteiger partial charge in [-0.15, -0.1) is 6.58 Å². The van der Waals surface area contributed by atoms with Crippen LogP contribution in [0.25, 0.3) is 0 Å². The zero-order valence-corrected chi connectivity index (χ0v) is 12.7. The van der Waals surface area contributed by atoms with Crippen LogP contribution in [0, 0.1) is 0 Å². The van der Waals surface area contributed by atoms with Crippen molar-refractivity contribution in [3.63, 3.8) is 0 Å². The topological polar surface area (TPSA) is 41.6 Å². The molecule has 19 heavy (non-hydrogen) atoms. The number of allylic oxidation sites excluding steroid dienone is 1. The van der Waals surface area contributed by atoms with Gasteiger partial charge in [0.2, 0.25) is 0 Å². The van der Waals surface area contributed by atoms with Gasteiger partial charge < -0.3 is 15.0 Å². The molecule has 110 valence electrons. The number of hydrogen-bond donors (Lipinski definition) is 1. The van der Waals surface area contributed by atoms with Crippen molar-refractivity contribution >= 4 is 6.09 Å². The second-order valence-corrected chi connectivity index (χ2v) is 6.35.